The Morgan fingerprint density at radius 3 is 2.04 bits per heavy atom. The van der Waals surface area contributed by atoms with Crippen LogP contribution < -0.4 is 15.7 Å². The fourth-order valence-electron chi connectivity index (χ4n) is 6.83. The minimum Gasteiger partial charge on any atom is -0.424 e. The normalized spacial score (nSPS) is 24.9. The third-order valence-corrected chi connectivity index (χ3v) is 13.8. The number of aliphatic hydroxyl groups excluding tert-OH is 1. The van der Waals surface area contributed by atoms with Gasteiger partial charge >= 0.3 is 0 Å². The van der Waals surface area contributed by atoms with Crippen molar-refractivity contribution >= 4 is 30.9 Å². The number of amides is 1. The third kappa shape index (κ3) is 6.10. The smallest absolute Gasteiger partial charge is 0.258 e. The van der Waals surface area contributed by atoms with E-state index in [2.05, 4.69) is 5.32 Å². The van der Waals surface area contributed by atoms with Crippen molar-refractivity contribution in [3.05, 3.63) is 132 Å². The molecule has 3 unspecified atom stereocenters. The number of fused-ring (bicyclic) bond motifs is 1. The molecule has 8 nitrogen and oxygen atoms in total. The van der Waals surface area contributed by atoms with Gasteiger partial charge in [-0.2, -0.15) is 0 Å². The molecule has 0 radical (unpaired) electrons. The monoisotopic (exact) mass is 637 g/mol. The van der Waals surface area contributed by atoms with E-state index in [1.165, 1.54) is 0 Å². The number of carbonyl (C=O) groups is 2. The van der Waals surface area contributed by atoms with Crippen LogP contribution in [0.25, 0.3) is 0 Å². The van der Waals surface area contributed by atoms with Crippen molar-refractivity contribution in [1.82, 2.24) is 5.32 Å². The van der Waals surface area contributed by atoms with Gasteiger partial charge in [0.05, 0.1) is 18.8 Å². The van der Waals surface area contributed by atoms with Gasteiger partial charge in [-0.15, -0.1) is 0 Å². The van der Waals surface area contributed by atoms with Crippen molar-refractivity contribution in [3.63, 3.8) is 0 Å². The number of hydrogen-bond acceptors (Lipinski definition) is 7. The van der Waals surface area contributed by atoms with E-state index in [1.807, 2.05) is 105 Å². The average molecular weight is 638 g/mol. The lowest BCUT2D eigenvalue weighted by Crippen LogP contribution is -2.69. The van der Waals surface area contributed by atoms with Gasteiger partial charge in [0.25, 0.3) is 14.2 Å². The highest BCUT2D eigenvalue weighted by Crippen LogP contribution is 2.44. The van der Waals surface area contributed by atoms with Gasteiger partial charge in [-0.25, -0.2) is 0 Å². The zero-order chi connectivity index (χ0) is 32.3. The van der Waals surface area contributed by atoms with Gasteiger partial charge in [0, 0.05) is 16.7 Å². The summed E-state index contributed by atoms with van der Waals surface area (Å²) in [7, 11) is -3.47. The second-order valence-corrected chi connectivity index (χ2v) is 16.5. The first-order valence-corrected chi connectivity index (χ1v) is 17.5. The molecule has 238 valence electrons. The Morgan fingerprint density at radius 2 is 1.43 bits per heavy atom. The van der Waals surface area contributed by atoms with Crippen molar-refractivity contribution < 1.29 is 33.7 Å². The van der Waals surface area contributed by atoms with Gasteiger partial charge in [0.1, 0.15) is 18.3 Å². The maximum absolute atomic E-state index is 13.7. The van der Waals surface area contributed by atoms with Crippen LogP contribution in [0.1, 0.15) is 52.8 Å². The van der Waals surface area contributed by atoms with Crippen LogP contribution in [0.2, 0.25) is 5.04 Å². The number of ether oxygens (including phenoxy) is 3. The van der Waals surface area contributed by atoms with E-state index in [1.54, 1.807) is 24.3 Å². The summed E-state index contributed by atoms with van der Waals surface area (Å²) in [6.45, 7) is 4.20. The van der Waals surface area contributed by atoms with E-state index < -0.39 is 56.0 Å². The Balaban J connectivity index is 1.35. The van der Waals surface area contributed by atoms with Crippen LogP contribution in [0.3, 0.4) is 0 Å². The first-order chi connectivity index (χ1) is 22.2. The minimum absolute atomic E-state index is 0.173. The van der Waals surface area contributed by atoms with Crippen LogP contribution >= 0.6 is 0 Å². The minimum atomic E-state index is -3.47. The zero-order valence-corrected chi connectivity index (χ0v) is 26.9. The van der Waals surface area contributed by atoms with Crippen molar-refractivity contribution in [2.24, 2.45) is 0 Å². The van der Waals surface area contributed by atoms with Gasteiger partial charge in [-0.1, -0.05) is 123 Å². The molecular weight excluding hydrogens is 598 g/mol. The number of benzene rings is 4. The van der Waals surface area contributed by atoms with Crippen LogP contribution in [0, 0.1) is 0 Å². The standard InChI is InChI=1S/C37H39NO7Si/c1-37(2,46(42,27-17-8-4-9-18-27)28-19-10-5-11-20-28)22-30-32(38-35(41)29-21-13-12-16-26(29)23-39)33(40)34-31(44-30)24-43-36(45-34)25-14-6-3-7-15-25/h3-21,23,30-34,36,40,42H,22,24H2,1-2H3,(H,38,41)/t30-,31?,32-,33?,34+,36?/m0/s1. The summed E-state index contributed by atoms with van der Waals surface area (Å²) in [5, 5.41) is 15.9. The number of carbonyl (C=O) groups excluding carboxylic acids is 2. The molecule has 2 aliphatic heterocycles. The third-order valence-electron chi connectivity index (χ3n) is 9.29. The van der Waals surface area contributed by atoms with Crippen LogP contribution in [0.5, 0.6) is 0 Å². The first-order valence-electron chi connectivity index (χ1n) is 15.6. The summed E-state index contributed by atoms with van der Waals surface area (Å²) >= 11 is 0. The summed E-state index contributed by atoms with van der Waals surface area (Å²) in [5.41, 5.74) is 1.24. The molecule has 0 bridgehead atoms. The second kappa shape index (κ2) is 13.4. The lowest BCUT2D eigenvalue weighted by molar-refractivity contribution is -0.315. The predicted octanol–water partition coefficient (Wildman–Crippen LogP) is 3.76. The largest absolute Gasteiger partial charge is 0.424 e. The maximum Gasteiger partial charge on any atom is 0.258 e. The van der Waals surface area contributed by atoms with Gasteiger partial charge < -0.3 is 29.4 Å². The molecule has 0 spiro atoms. The van der Waals surface area contributed by atoms with Crippen molar-refractivity contribution in [3.8, 4) is 0 Å². The second-order valence-electron chi connectivity index (χ2n) is 12.6. The molecule has 2 aliphatic rings. The van der Waals surface area contributed by atoms with E-state index >= 15 is 0 Å². The molecule has 4 aromatic rings. The van der Waals surface area contributed by atoms with Crippen LogP contribution in [0.15, 0.2) is 115 Å². The number of rotatable bonds is 9. The molecule has 1 amide bonds. The number of hydrogen-bond donors (Lipinski definition) is 3. The Hall–Kier alpha value is -3.96. The van der Waals surface area contributed by atoms with Crippen LogP contribution in [-0.2, 0) is 14.2 Å². The Labute approximate surface area is 270 Å². The zero-order valence-electron chi connectivity index (χ0n) is 25.9. The Bertz CT molecular complexity index is 1600. The molecule has 2 saturated heterocycles. The van der Waals surface area contributed by atoms with Crippen molar-refractivity contribution in [2.75, 3.05) is 6.61 Å². The van der Waals surface area contributed by atoms with E-state index in [-0.39, 0.29) is 17.7 Å². The van der Waals surface area contributed by atoms with Gasteiger partial charge in [0.2, 0.25) is 0 Å². The molecule has 3 N–H and O–H groups in total. The fraction of sp³-hybridized carbons (Fsp3) is 0.297. The van der Waals surface area contributed by atoms with Crippen LogP contribution in [0.4, 0.5) is 0 Å². The highest BCUT2D eigenvalue weighted by molar-refractivity contribution is 6.98. The lowest BCUT2D eigenvalue weighted by atomic mass is 9.87. The highest BCUT2D eigenvalue weighted by Gasteiger charge is 2.55. The fourth-order valence-corrected chi connectivity index (χ4v) is 10.6. The summed E-state index contributed by atoms with van der Waals surface area (Å²) in [6, 6.07) is 34.4. The molecule has 2 fully saturated rings. The molecule has 9 heteroatoms. The molecule has 0 aromatic heterocycles. The quantitative estimate of drug-likeness (QED) is 0.189. The maximum atomic E-state index is 13.7. The van der Waals surface area contributed by atoms with E-state index in [4.69, 9.17) is 14.2 Å². The van der Waals surface area contributed by atoms with Crippen molar-refractivity contribution in [1.29, 1.82) is 0 Å². The highest BCUT2D eigenvalue weighted by atomic mass is 28.4. The molecule has 46 heavy (non-hydrogen) atoms. The molecule has 4 aromatic carbocycles. The number of aliphatic hydroxyl groups is 1. The van der Waals surface area contributed by atoms with Crippen LogP contribution in [-0.4, -0.2) is 67.5 Å². The summed E-state index contributed by atoms with van der Waals surface area (Å²) in [5.74, 6) is -0.512. The summed E-state index contributed by atoms with van der Waals surface area (Å²) in [6.07, 6.45) is -3.11. The van der Waals surface area contributed by atoms with Crippen molar-refractivity contribution in [2.45, 2.75) is 62.1 Å². The van der Waals surface area contributed by atoms with Gasteiger partial charge in [-0.05, 0) is 27.9 Å². The lowest BCUT2D eigenvalue weighted by Gasteiger charge is -2.51. The van der Waals surface area contributed by atoms with E-state index in [9.17, 15) is 19.5 Å². The van der Waals surface area contributed by atoms with E-state index in [0.29, 0.717) is 12.7 Å². The topological polar surface area (TPSA) is 114 Å². The SMILES string of the molecule is CC(C)(C[C@@H]1OC2COC(c3ccccc3)O[C@H]2C(O)[C@H]1NC(=O)c1ccccc1C=O)[Si](O)(c1ccccc1)c1ccccc1. The molecule has 0 aliphatic carbocycles. The molecule has 6 atom stereocenters. The Kier molecular flexibility index (Phi) is 9.33. The molecular formula is C37H39NO7Si. The molecule has 6 rings (SSSR count). The van der Waals surface area contributed by atoms with Gasteiger partial charge in [0.15, 0.2) is 12.6 Å². The van der Waals surface area contributed by atoms with E-state index in [0.717, 1.165) is 15.9 Å². The molecule has 0 saturated carbocycles. The Morgan fingerprint density at radius 1 is 0.870 bits per heavy atom. The first kappa shape index (κ1) is 32.0. The average Bonchev–Trinajstić information content (AvgIpc) is 3.10. The number of aldehydes is 1. The summed E-state index contributed by atoms with van der Waals surface area (Å²) < 4.78 is 19.0. The number of nitrogens with one attached hydrogen (secondary N) is 1. The predicted molar refractivity (Wildman–Crippen MR) is 177 cm³/mol. The molecule has 2 heterocycles. The summed E-state index contributed by atoms with van der Waals surface area (Å²) in [4.78, 5) is 38.3. The van der Waals surface area contributed by atoms with Gasteiger partial charge in [-0.3, -0.25) is 9.59 Å².